The van der Waals surface area contributed by atoms with Crippen molar-refractivity contribution in [3.05, 3.63) is 30.3 Å². The third kappa shape index (κ3) is 6.87. The molecule has 0 spiro atoms. The van der Waals surface area contributed by atoms with Gasteiger partial charge in [-0.05, 0) is 44.0 Å². The average Bonchev–Trinajstić information content (AvgIpc) is 2.42. The first-order valence-electron chi connectivity index (χ1n) is 6.81. The first kappa shape index (κ1) is 15.3. The molecule has 18 heavy (non-hydrogen) atoms. The summed E-state index contributed by atoms with van der Waals surface area (Å²) in [5, 5.41) is 3.47. The van der Waals surface area contributed by atoms with Gasteiger partial charge in [-0.15, -0.1) is 11.6 Å². The van der Waals surface area contributed by atoms with Crippen LogP contribution in [0.2, 0.25) is 0 Å². The summed E-state index contributed by atoms with van der Waals surface area (Å²) in [6, 6.07) is 9.95. The van der Waals surface area contributed by atoms with Crippen molar-refractivity contribution in [1.82, 2.24) is 5.32 Å². The number of rotatable bonds is 10. The van der Waals surface area contributed by atoms with Crippen molar-refractivity contribution in [2.45, 2.75) is 26.2 Å². The monoisotopic (exact) mass is 269 g/mol. The van der Waals surface area contributed by atoms with Gasteiger partial charge in [-0.2, -0.15) is 0 Å². The van der Waals surface area contributed by atoms with Crippen LogP contribution < -0.4 is 10.1 Å². The third-order valence-electron chi connectivity index (χ3n) is 3.04. The molecule has 1 N–H and O–H groups in total. The zero-order chi connectivity index (χ0) is 13.1. The molecule has 1 unspecified atom stereocenters. The highest BCUT2D eigenvalue weighted by Crippen LogP contribution is 2.09. The number of nitrogens with one attached hydrogen (secondary N) is 1. The minimum absolute atomic E-state index is 0.706. The summed E-state index contributed by atoms with van der Waals surface area (Å²) in [6.07, 6.45) is 3.33. The highest BCUT2D eigenvalue weighted by atomic mass is 35.5. The first-order valence-corrected chi connectivity index (χ1v) is 7.34. The van der Waals surface area contributed by atoms with Crippen LogP contribution in [0.15, 0.2) is 30.3 Å². The lowest BCUT2D eigenvalue weighted by atomic mass is 10.0. The van der Waals surface area contributed by atoms with Crippen LogP contribution in [0.1, 0.15) is 26.2 Å². The molecule has 1 aromatic rings. The topological polar surface area (TPSA) is 21.3 Å². The Bertz CT molecular complexity index is 292. The molecule has 0 aliphatic carbocycles. The quantitative estimate of drug-likeness (QED) is 0.517. The summed E-state index contributed by atoms with van der Waals surface area (Å²) in [6.45, 7) is 5.06. The lowest BCUT2D eigenvalue weighted by molar-refractivity contribution is 0.305. The van der Waals surface area contributed by atoms with Crippen molar-refractivity contribution in [2.24, 2.45) is 5.92 Å². The molecular weight excluding hydrogens is 246 g/mol. The Hall–Kier alpha value is -0.730. The van der Waals surface area contributed by atoms with Crippen LogP contribution in [0.5, 0.6) is 5.75 Å². The van der Waals surface area contributed by atoms with Crippen LogP contribution >= 0.6 is 11.6 Å². The maximum absolute atomic E-state index is 5.76. The molecule has 0 fully saturated rings. The molecule has 0 aliphatic rings. The fourth-order valence-corrected chi connectivity index (χ4v) is 2.12. The van der Waals surface area contributed by atoms with E-state index in [-0.39, 0.29) is 0 Å². The van der Waals surface area contributed by atoms with Gasteiger partial charge >= 0.3 is 0 Å². The smallest absolute Gasteiger partial charge is 0.119 e. The summed E-state index contributed by atoms with van der Waals surface area (Å²) in [5.41, 5.74) is 0. The van der Waals surface area contributed by atoms with Gasteiger partial charge in [-0.3, -0.25) is 0 Å². The summed E-state index contributed by atoms with van der Waals surface area (Å²) >= 11 is 5.76. The van der Waals surface area contributed by atoms with E-state index in [1.54, 1.807) is 0 Å². The molecule has 0 bridgehead atoms. The SMILES string of the molecule is CCC(CCCl)CNCCCOc1ccccc1. The Morgan fingerprint density at radius 1 is 1.28 bits per heavy atom. The highest BCUT2D eigenvalue weighted by molar-refractivity contribution is 6.17. The van der Waals surface area contributed by atoms with Gasteiger partial charge in [0, 0.05) is 5.88 Å². The molecular formula is C15H24ClNO. The van der Waals surface area contributed by atoms with Gasteiger partial charge in [0.1, 0.15) is 5.75 Å². The maximum Gasteiger partial charge on any atom is 0.119 e. The van der Waals surface area contributed by atoms with Gasteiger partial charge in [0.2, 0.25) is 0 Å². The summed E-state index contributed by atoms with van der Waals surface area (Å²) in [7, 11) is 0. The molecule has 2 nitrogen and oxygen atoms in total. The minimum atomic E-state index is 0.706. The summed E-state index contributed by atoms with van der Waals surface area (Å²) in [5.74, 6) is 2.42. The molecule has 1 atom stereocenters. The molecule has 3 heteroatoms. The Balaban J connectivity index is 1.98. The number of para-hydroxylation sites is 1. The van der Waals surface area contributed by atoms with Crippen molar-refractivity contribution in [3.63, 3.8) is 0 Å². The fourth-order valence-electron chi connectivity index (χ4n) is 1.81. The lowest BCUT2D eigenvalue weighted by Crippen LogP contribution is -2.24. The number of ether oxygens (including phenoxy) is 1. The van der Waals surface area contributed by atoms with Gasteiger partial charge in [0.05, 0.1) is 6.61 Å². The second-order valence-electron chi connectivity index (χ2n) is 4.47. The van der Waals surface area contributed by atoms with E-state index in [0.717, 1.165) is 44.2 Å². The highest BCUT2D eigenvalue weighted by Gasteiger charge is 2.04. The van der Waals surface area contributed by atoms with Gasteiger partial charge < -0.3 is 10.1 Å². The van der Waals surface area contributed by atoms with E-state index in [1.807, 2.05) is 30.3 Å². The summed E-state index contributed by atoms with van der Waals surface area (Å²) < 4.78 is 5.63. The Labute approximate surface area is 116 Å². The Morgan fingerprint density at radius 3 is 2.72 bits per heavy atom. The van der Waals surface area contributed by atoms with E-state index >= 15 is 0 Å². The molecule has 0 aromatic heterocycles. The second kappa shape index (κ2) is 10.2. The second-order valence-corrected chi connectivity index (χ2v) is 4.85. The Kier molecular flexibility index (Phi) is 8.70. The minimum Gasteiger partial charge on any atom is -0.494 e. The van der Waals surface area contributed by atoms with Crippen molar-refractivity contribution in [3.8, 4) is 5.75 Å². The molecule has 0 aliphatic heterocycles. The Morgan fingerprint density at radius 2 is 2.06 bits per heavy atom. The van der Waals surface area contributed by atoms with Crippen molar-refractivity contribution >= 4 is 11.6 Å². The number of alkyl halides is 1. The van der Waals surface area contributed by atoms with E-state index in [2.05, 4.69) is 12.2 Å². The zero-order valence-corrected chi connectivity index (χ0v) is 12.0. The number of hydrogen-bond donors (Lipinski definition) is 1. The van der Waals surface area contributed by atoms with E-state index in [9.17, 15) is 0 Å². The van der Waals surface area contributed by atoms with Crippen LogP contribution in [0, 0.1) is 5.92 Å². The molecule has 1 rings (SSSR count). The van der Waals surface area contributed by atoms with Gasteiger partial charge in [-0.25, -0.2) is 0 Å². The lowest BCUT2D eigenvalue weighted by Gasteiger charge is -2.14. The number of benzene rings is 1. The van der Waals surface area contributed by atoms with Crippen LogP contribution in [0.3, 0.4) is 0 Å². The van der Waals surface area contributed by atoms with Gasteiger partial charge in [-0.1, -0.05) is 31.5 Å². The number of hydrogen-bond acceptors (Lipinski definition) is 2. The first-order chi connectivity index (χ1) is 8.86. The van der Waals surface area contributed by atoms with E-state index < -0.39 is 0 Å². The van der Waals surface area contributed by atoms with Gasteiger partial charge in [0.15, 0.2) is 0 Å². The van der Waals surface area contributed by atoms with E-state index in [4.69, 9.17) is 16.3 Å². The van der Waals surface area contributed by atoms with Gasteiger partial charge in [0.25, 0.3) is 0 Å². The van der Waals surface area contributed by atoms with Crippen LogP contribution in [0.25, 0.3) is 0 Å². The van der Waals surface area contributed by atoms with Crippen molar-refractivity contribution in [1.29, 1.82) is 0 Å². The molecule has 0 heterocycles. The zero-order valence-electron chi connectivity index (χ0n) is 11.2. The molecule has 0 saturated heterocycles. The molecule has 0 saturated carbocycles. The average molecular weight is 270 g/mol. The summed E-state index contributed by atoms with van der Waals surface area (Å²) in [4.78, 5) is 0. The normalized spacial score (nSPS) is 12.3. The molecule has 1 aromatic carbocycles. The third-order valence-corrected chi connectivity index (χ3v) is 3.26. The maximum atomic E-state index is 5.76. The van der Waals surface area contributed by atoms with Crippen molar-refractivity contribution in [2.75, 3.05) is 25.6 Å². The largest absolute Gasteiger partial charge is 0.494 e. The van der Waals surface area contributed by atoms with Crippen LogP contribution in [0.4, 0.5) is 0 Å². The van der Waals surface area contributed by atoms with Crippen LogP contribution in [-0.2, 0) is 0 Å². The molecule has 102 valence electrons. The van der Waals surface area contributed by atoms with E-state index in [0.29, 0.717) is 5.92 Å². The fraction of sp³-hybridized carbons (Fsp3) is 0.600. The van der Waals surface area contributed by atoms with Crippen molar-refractivity contribution < 1.29 is 4.74 Å². The van der Waals surface area contributed by atoms with E-state index in [1.165, 1.54) is 6.42 Å². The standard InChI is InChI=1S/C15H24ClNO/c1-2-14(9-10-16)13-17-11-6-12-18-15-7-4-3-5-8-15/h3-5,7-8,14,17H,2,6,9-13H2,1H3. The van der Waals surface area contributed by atoms with Crippen LogP contribution in [-0.4, -0.2) is 25.6 Å². The number of halogens is 1. The molecule has 0 radical (unpaired) electrons. The predicted octanol–water partition coefficient (Wildman–Crippen LogP) is 3.70. The predicted molar refractivity (Wildman–Crippen MR) is 78.5 cm³/mol. The molecule has 0 amide bonds.